The summed E-state index contributed by atoms with van der Waals surface area (Å²) in [5.41, 5.74) is 0.854. The third kappa shape index (κ3) is 4.54. The van der Waals surface area contributed by atoms with Gasteiger partial charge in [-0.3, -0.25) is 4.79 Å². The summed E-state index contributed by atoms with van der Waals surface area (Å²) in [5.74, 6) is 0. The highest BCUT2D eigenvalue weighted by Gasteiger charge is 2.14. The number of aromatic nitrogens is 2. The summed E-state index contributed by atoms with van der Waals surface area (Å²) in [6.45, 7) is 8.96. The van der Waals surface area contributed by atoms with E-state index in [2.05, 4.69) is 29.2 Å². The summed E-state index contributed by atoms with van der Waals surface area (Å²) in [6.07, 6.45) is 4.39. The normalized spacial score (nSPS) is 18.1. The molecule has 1 aliphatic rings. The van der Waals surface area contributed by atoms with Crippen LogP contribution in [-0.4, -0.2) is 48.7 Å². The molecular weight excluding hydrogens is 268 g/mol. The second kappa shape index (κ2) is 8.14. The van der Waals surface area contributed by atoms with Crippen molar-refractivity contribution in [2.75, 3.05) is 37.7 Å². The molecule has 1 aromatic rings. The Morgan fingerprint density at radius 1 is 1.48 bits per heavy atom. The Kier molecular flexibility index (Phi) is 6.20. The van der Waals surface area contributed by atoms with E-state index >= 15 is 0 Å². The molecule has 2 rings (SSSR count). The molecule has 2 heterocycles. The highest BCUT2D eigenvalue weighted by Crippen LogP contribution is 2.10. The van der Waals surface area contributed by atoms with Crippen LogP contribution in [0.3, 0.4) is 0 Å². The van der Waals surface area contributed by atoms with E-state index in [0.29, 0.717) is 12.6 Å². The molecule has 0 saturated carbocycles. The molecule has 6 heteroatoms. The lowest BCUT2D eigenvalue weighted by Crippen LogP contribution is -2.33. The predicted molar refractivity (Wildman–Crippen MR) is 83.9 cm³/mol. The van der Waals surface area contributed by atoms with Gasteiger partial charge in [0.15, 0.2) is 0 Å². The third-order valence-electron chi connectivity index (χ3n) is 3.88. The quantitative estimate of drug-likeness (QED) is 0.721. The van der Waals surface area contributed by atoms with Crippen LogP contribution in [-0.2, 0) is 11.3 Å². The lowest BCUT2D eigenvalue weighted by Gasteiger charge is -2.20. The first-order valence-electron chi connectivity index (χ1n) is 7.89. The number of hydrogen-bond acceptors (Lipinski definition) is 5. The zero-order chi connectivity index (χ0) is 15.1. The van der Waals surface area contributed by atoms with Crippen molar-refractivity contribution in [1.29, 1.82) is 0 Å². The van der Waals surface area contributed by atoms with Gasteiger partial charge in [0.25, 0.3) is 5.56 Å². The van der Waals surface area contributed by atoms with Gasteiger partial charge in [-0.15, -0.1) is 0 Å². The number of nitrogens with zero attached hydrogens (tertiary/aromatic N) is 3. The van der Waals surface area contributed by atoms with E-state index in [4.69, 9.17) is 4.74 Å². The number of rotatable bonds is 8. The predicted octanol–water partition coefficient (Wildman–Crippen LogP) is 0.858. The fraction of sp³-hybridized carbons (Fsp3) is 0.733. The molecule has 0 radical (unpaired) electrons. The average molecular weight is 294 g/mol. The lowest BCUT2D eigenvalue weighted by atomic mass is 10.2. The van der Waals surface area contributed by atoms with Gasteiger partial charge in [0, 0.05) is 38.9 Å². The molecule has 1 aliphatic heterocycles. The Bertz CT molecular complexity index is 479. The Labute approximate surface area is 126 Å². The van der Waals surface area contributed by atoms with E-state index in [-0.39, 0.29) is 5.56 Å². The first-order valence-corrected chi connectivity index (χ1v) is 7.89. The molecule has 6 nitrogen and oxygen atoms in total. The SMILES string of the molecule is CCN(CC)c1cnn(CCNCC2CCCO2)c(=O)c1. The molecule has 118 valence electrons. The second-order valence-electron chi connectivity index (χ2n) is 5.29. The highest BCUT2D eigenvalue weighted by molar-refractivity contribution is 5.42. The molecule has 1 unspecified atom stereocenters. The van der Waals surface area contributed by atoms with Gasteiger partial charge in [-0.25, -0.2) is 4.68 Å². The van der Waals surface area contributed by atoms with Crippen LogP contribution in [0, 0.1) is 0 Å². The molecule has 1 fully saturated rings. The van der Waals surface area contributed by atoms with Crippen molar-refractivity contribution in [3.05, 3.63) is 22.6 Å². The summed E-state index contributed by atoms with van der Waals surface area (Å²) in [4.78, 5) is 14.2. The van der Waals surface area contributed by atoms with Gasteiger partial charge in [-0.1, -0.05) is 0 Å². The van der Waals surface area contributed by atoms with Gasteiger partial charge in [0.1, 0.15) is 0 Å². The van der Waals surface area contributed by atoms with Crippen LogP contribution in [0.25, 0.3) is 0 Å². The van der Waals surface area contributed by atoms with Gasteiger partial charge in [-0.2, -0.15) is 5.10 Å². The van der Waals surface area contributed by atoms with Crippen molar-refractivity contribution in [1.82, 2.24) is 15.1 Å². The van der Waals surface area contributed by atoms with Crippen LogP contribution >= 0.6 is 0 Å². The monoisotopic (exact) mass is 294 g/mol. The lowest BCUT2D eigenvalue weighted by molar-refractivity contribution is 0.110. The summed E-state index contributed by atoms with van der Waals surface area (Å²) >= 11 is 0. The van der Waals surface area contributed by atoms with Crippen LogP contribution in [0.4, 0.5) is 5.69 Å². The Morgan fingerprint density at radius 3 is 2.90 bits per heavy atom. The average Bonchev–Trinajstić information content (AvgIpc) is 3.00. The van der Waals surface area contributed by atoms with Crippen molar-refractivity contribution < 1.29 is 4.74 Å². The Morgan fingerprint density at radius 2 is 2.29 bits per heavy atom. The molecule has 0 bridgehead atoms. The maximum Gasteiger partial charge on any atom is 0.268 e. The number of hydrogen-bond donors (Lipinski definition) is 1. The first kappa shape index (κ1) is 16.0. The van der Waals surface area contributed by atoms with E-state index < -0.39 is 0 Å². The number of nitrogens with one attached hydrogen (secondary N) is 1. The van der Waals surface area contributed by atoms with Gasteiger partial charge in [-0.05, 0) is 26.7 Å². The van der Waals surface area contributed by atoms with E-state index in [0.717, 1.165) is 51.3 Å². The van der Waals surface area contributed by atoms with Crippen molar-refractivity contribution in [3.63, 3.8) is 0 Å². The molecule has 1 saturated heterocycles. The van der Waals surface area contributed by atoms with Crippen molar-refractivity contribution in [2.24, 2.45) is 0 Å². The van der Waals surface area contributed by atoms with E-state index in [1.54, 1.807) is 12.3 Å². The summed E-state index contributed by atoms with van der Waals surface area (Å²) in [7, 11) is 0. The zero-order valence-electron chi connectivity index (χ0n) is 13.0. The largest absolute Gasteiger partial charge is 0.377 e. The van der Waals surface area contributed by atoms with E-state index in [1.807, 2.05) is 0 Å². The molecule has 0 aliphatic carbocycles. The van der Waals surface area contributed by atoms with Crippen LogP contribution < -0.4 is 15.8 Å². The smallest absolute Gasteiger partial charge is 0.268 e. The molecule has 0 spiro atoms. The van der Waals surface area contributed by atoms with E-state index in [1.165, 1.54) is 4.68 Å². The molecular formula is C15H26N4O2. The zero-order valence-corrected chi connectivity index (χ0v) is 13.0. The van der Waals surface area contributed by atoms with Crippen LogP contribution in [0.2, 0.25) is 0 Å². The van der Waals surface area contributed by atoms with Crippen molar-refractivity contribution >= 4 is 5.69 Å². The van der Waals surface area contributed by atoms with Crippen LogP contribution in [0.5, 0.6) is 0 Å². The fourth-order valence-corrected chi connectivity index (χ4v) is 2.61. The molecule has 21 heavy (non-hydrogen) atoms. The Hall–Kier alpha value is -1.40. The maximum absolute atomic E-state index is 12.0. The first-order chi connectivity index (χ1) is 10.2. The van der Waals surface area contributed by atoms with Gasteiger partial charge in [0.05, 0.1) is 24.5 Å². The summed E-state index contributed by atoms with van der Waals surface area (Å²) in [6, 6.07) is 1.67. The minimum absolute atomic E-state index is 0.0432. The standard InChI is InChI=1S/C15H26N4O2/c1-3-18(4-2)13-10-15(20)19(17-11-13)8-7-16-12-14-6-5-9-21-14/h10-11,14,16H,3-9,12H2,1-2H3. The minimum atomic E-state index is -0.0432. The molecule has 0 amide bonds. The van der Waals surface area contributed by atoms with Gasteiger partial charge >= 0.3 is 0 Å². The van der Waals surface area contributed by atoms with Crippen LogP contribution in [0.1, 0.15) is 26.7 Å². The fourth-order valence-electron chi connectivity index (χ4n) is 2.61. The van der Waals surface area contributed by atoms with Gasteiger partial charge in [0.2, 0.25) is 0 Å². The topological polar surface area (TPSA) is 59.4 Å². The maximum atomic E-state index is 12.0. The third-order valence-corrected chi connectivity index (χ3v) is 3.88. The van der Waals surface area contributed by atoms with Crippen molar-refractivity contribution in [2.45, 2.75) is 39.3 Å². The highest BCUT2D eigenvalue weighted by atomic mass is 16.5. The molecule has 1 aromatic heterocycles. The summed E-state index contributed by atoms with van der Waals surface area (Å²) < 4.78 is 7.05. The Balaban J connectivity index is 1.81. The van der Waals surface area contributed by atoms with Gasteiger partial charge < -0.3 is 15.0 Å². The molecule has 0 aromatic carbocycles. The number of anilines is 1. The van der Waals surface area contributed by atoms with Crippen molar-refractivity contribution in [3.8, 4) is 0 Å². The second-order valence-corrected chi connectivity index (χ2v) is 5.29. The number of ether oxygens (including phenoxy) is 1. The minimum Gasteiger partial charge on any atom is -0.377 e. The van der Waals surface area contributed by atoms with Crippen LogP contribution in [0.15, 0.2) is 17.1 Å². The van der Waals surface area contributed by atoms with E-state index in [9.17, 15) is 4.79 Å². The molecule has 1 atom stereocenters. The molecule has 1 N–H and O–H groups in total. The summed E-state index contributed by atoms with van der Waals surface area (Å²) in [5, 5.41) is 7.58.